The third-order valence-corrected chi connectivity index (χ3v) is 14.4. The highest BCUT2D eigenvalue weighted by Crippen LogP contribution is 2.28. The van der Waals surface area contributed by atoms with Gasteiger partial charge in [-0.2, -0.15) is 0 Å². The fraction of sp³-hybridized carbons (Fsp3) is 1.00. The quantitative estimate of drug-likeness (QED) is 0.588. The third-order valence-electron chi connectivity index (χ3n) is 2.88. The van der Waals surface area contributed by atoms with Crippen LogP contribution in [-0.2, 0) is 0 Å². The Morgan fingerprint density at radius 3 is 1.69 bits per heavy atom. The second kappa shape index (κ2) is 4.78. The van der Waals surface area contributed by atoms with Crippen LogP contribution >= 0.6 is 0 Å². The summed E-state index contributed by atoms with van der Waals surface area (Å²) in [4.78, 5) is 0. The molecular weight excluding hydrogens is 188 g/mol. The maximum absolute atomic E-state index is 2.58. The van der Waals surface area contributed by atoms with Crippen LogP contribution in [0, 0.1) is 5.92 Å². The Morgan fingerprint density at radius 1 is 0.923 bits per heavy atom. The van der Waals surface area contributed by atoms with Crippen molar-refractivity contribution in [3.8, 4) is 0 Å². The van der Waals surface area contributed by atoms with Crippen LogP contribution in [0.1, 0.15) is 20.8 Å². The molecule has 0 aliphatic heterocycles. The topological polar surface area (TPSA) is 0 Å². The molecule has 0 amide bonds. The van der Waals surface area contributed by atoms with Gasteiger partial charge in [0.2, 0.25) is 0 Å². The van der Waals surface area contributed by atoms with E-state index in [0.717, 1.165) is 5.92 Å². The average molecular weight is 217 g/mol. The molecule has 0 aromatic rings. The lowest BCUT2D eigenvalue weighted by Gasteiger charge is -2.32. The molecule has 0 aliphatic rings. The molecule has 0 spiro atoms. The van der Waals surface area contributed by atoms with Crippen molar-refractivity contribution in [2.75, 3.05) is 0 Å². The van der Waals surface area contributed by atoms with Crippen molar-refractivity contribution in [2.45, 2.75) is 64.7 Å². The molecule has 0 nitrogen and oxygen atoms in total. The van der Waals surface area contributed by atoms with E-state index in [1.54, 1.807) is 5.67 Å². The van der Waals surface area contributed by atoms with Crippen molar-refractivity contribution in [2.24, 2.45) is 5.92 Å². The van der Waals surface area contributed by atoms with Crippen molar-refractivity contribution >= 4 is 16.1 Å². The zero-order chi connectivity index (χ0) is 10.7. The monoisotopic (exact) mass is 216 g/mol. The first-order valence-electron chi connectivity index (χ1n) is 5.68. The van der Waals surface area contributed by atoms with Crippen molar-refractivity contribution < 1.29 is 0 Å². The predicted octanol–water partition coefficient (Wildman–Crippen LogP) is 4.62. The summed E-state index contributed by atoms with van der Waals surface area (Å²) >= 11 is 0. The summed E-state index contributed by atoms with van der Waals surface area (Å²) in [5.74, 6) is 0.906. The van der Waals surface area contributed by atoms with Gasteiger partial charge in [0.05, 0.1) is 0 Å². The highest BCUT2D eigenvalue weighted by molar-refractivity contribution is 6.95. The largest absolute Gasteiger partial charge is 0.0696 e. The standard InChI is InChI=1S/C11H28Si2/c1-8-12(4,5)10-13(6,7)9-11(2)3/h11H,8-10H2,1-7H3. The highest BCUT2D eigenvalue weighted by Gasteiger charge is 2.30. The van der Waals surface area contributed by atoms with Gasteiger partial charge in [0.15, 0.2) is 0 Å². The molecule has 13 heavy (non-hydrogen) atoms. The third kappa shape index (κ3) is 6.50. The molecule has 80 valence electrons. The molecule has 0 saturated carbocycles. The van der Waals surface area contributed by atoms with Gasteiger partial charge in [0, 0.05) is 16.1 Å². The van der Waals surface area contributed by atoms with Gasteiger partial charge in [-0.25, -0.2) is 0 Å². The summed E-state index contributed by atoms with van der Waals surface area (Å²) in [6, 6.07) is 2.98. The van der Waals surface area contributed by atoms with Crippen LogP contribution in [0.3, 0.4) is 0 Å². The Kier molecular flexibility index (Phi) is 4.94. The second-order valence-electron chi connectivity index (χ2n) is 6.46. The van der Waals surface area contributed by atoms with Gasteiger partial charge >= 0.3 is 0 Å². The van der Waals surface area contributed by atoms with Gasteiger partial charge in [0.1, 0.15) is 0 Å². The smallest absolute Gasteiger partial charge is 0.0450 e. The van der Waals surface area contributed by atoms with Crippen LogP contribution in [0.4, 0.5) is 0 Å². The summed E-state index contributed by atoms with van der Waals surface area (Å²) in [6.07, 6.45) is 0. The van der Waals surface area contributed by atoms with Gasteiger partial charge in [-0.3, -0.25) is 0 Å². The lowest BCUT2D eigenvalue weighted by molar-refractivity contribution is 0.719. The van der Waals surface area contributed by atoms with E-state index < -0.39 is 16.1 Å². The van der Waals surface area contributed by atoms with Gasteiger partial charge in [-0.05, 0) is 5.92 Å². The molecule has 0 unspecified atom stereocenters. The fourth-order valence-electron chi connectivity index (χ4n) is 2.60. The molecule has 0 N–H and O–H groups in total. The normalized spacial score (nSPS) is 13.8. The SMILES string of the molecule is CC[Si](C)(C)C[Si](C)(C)CC(C)C. The van der Waals surface area contributed by atoms with E-state index >= 15 is 0 Å². The van der Waals surface area contributed by atoms with E-state index in [0.29, 0.717) is 0 Å². The van der Waals surface area contributed by atoms with Crippen LogP contribution in [0.5, 0.6) is 0 Å². The van der Waals surface area contributed by atoms with E-state index in [1.165, 1.54) is 12.1 Å². The van der Waals surface area contributed by atoms with Crippen molar-refractivity contribution in [1.29, 1.82) is 0 Å². The summed E-state index contributed by atoms with van der Waals surface area (Å²) in [7, 11) is -1.68. The molecule has 2 heteroatoms. The van der Waals surface area contributed by atoms with Gasteiger partial charge in [0.25, 0.3) is 0 Å². The predicted molar refractivity (Wildman–Crippen MR) is 69.9 cm³/mol. The second-order valence-corrected chi connectivity index (χ2v) is 17.6. The molecule has 0 bridgehead atoms. The van der Waals surface area contributed by atoms with Crippen LogP contribution < -0.4 is 0 Å². The summed E-state index contributed by atoms with van der Waals surface area (Å²) in [6.45, 7) is 17.4. The van der Waals surface area contributed by atoms with Crippen LogP contribution in [-0.4, -0.2) is 16.1 Å². The summed E-state index contributed by atoms with van der Waals surface area (Å²) < 4.78 is 0. The molecule has 0 atom stereocenters. The lowest BCUT2D eigenvalue weighted by atomic mass is 10.3. The van der Waals surface area contributed by atoms with E-state index in [-0.39, 0.29) is 0 Å². The molecular formula is C11H28Si2. The number of rotatable bonds is 5. The van der Waals surface area contributed by atoms with Crippen molar-refractivity contribution in [1.82, 2.24) is 0 Å². The van der Waals surface area contributed by atoms with Crippen molar-refractivity contribution in [3.05, 3.63) is 0 Å². The minimum Gasteiger partial charge on any atom is -0.0696 e. The van der Waals surface area contributed by atoms with Crippen LogP contribution in [0.15, 0.2) is 0 Å². The van der Waals surface area contributed by atoms with Crippen LogP contribution in [0.25, 0.3) is 0 Å². The minimum absolute atomic E-state index is 0.818. The highest BCUT2D eigenvalue weighted by atomic mass is 28.4. The lowest BCUT2D eigenvalue weighted by Crippen LogP contribution is -2.39. The number of hydrogen-bond acceptors (Lipinski definition) is 0. The molecule has 0 aliphatic carbocycles. The molecule has 0 radical (unpaired) electrons. The van der Waals surface area contributed by atoms with E-state index in [1.807, 2.05) is 0 Å². The molecule has 0 fully saturated rings. The molecule has 0 aromatic carbocycles. The molecule has 0 rings (SSSR count). The Labute approximate surface area is 87.2 Å². The number of hydrogen-bond donors (Lipinski definition) is 0. The van der Waals surface area contributed by atoms with Gasteiger partial charge in [-0.1, -0.05) is 64.7 Å². The zero-order valence-corrected chi connectivity index (χ0v) is 12.7. The molecule has 0 heterocycles. The van der Waals surface area contributed by atoms with Crippen LogP contribution in [0.2, 0.25) is 43.9 Å². The maximum atomic E-state index is 2.58. The van der Waals surface area contributed by atoms with Gasteiger partial charge < -0.3 is 0 Å². The minimum atomic E-state index is -0.861. The first-order chi connectivity index (χ1) is 5.68. The summed E-state index contributed by atoms with van der Waals surface area (Å²) in [5.41, 5.74) is 1.62. The first-order valence-corrected chi connectivity index (χ1v) is 12.5. The maximum Gasteiger partial charge on any atom is 0.0450 e. The Hall–Kier alpha value is 0.434. The average Bonchev–Trinajstić information content (AvgIpc) is 1.81. The summed E-state index contributed by atoms with van der Waals surface area (Å²) in [5, 5.41) is 0. The molecule has 0 aromatic heterocycles. The Bertz CT molecular complexity index is 148. The van der Waals surface area contributed by atoms with E-state index in [4.69, 9.17) is 0 Å². The first kappa shape index (κ1) is 13.4. The van der Waals surface area contributed by atoms with E-state index in [2.05, 4.69) is 47.0 Å². The van der Waals surface area contributed by atoms with Crippen molar-refractivity contribution in [3.63, 3.8) is 0 Å². The van der Waals surface area contributed by atoms with Gasteiger partial charge in [-0.15, -0.1) is 0 Å². The zero-order valence-electron chi connectivity index (χ0n) is 10.7. The van der Waals surface area contributed by atoms with E-state index in [9.17, 15) is 0 Å². The Balaban J connectivity index is 4.16. The fourth-order valence-corrected chi connectivity index (χ4v) is 16.7. The Morgan fingerprint density at radius 2 is 1.38 bits per heavy atom. The molecule has 0 saturated heterocycles.